The van der Waals surface area contributed by atoms with Gasteiger partial charge in [0.15, 0.2) is 6.04 Å². The van der Waals surface area contributed by atoms with Gasteiger partial charge in [0.05, 0.1) is 53.6 Å². The lowest BCUT2D eigenvalue weighted by atomic mass is 9.94. The molecule has 0 spiro atoms. The Labute approximate surface area is 832 Å². The fourth-order valence-electron chi connectivity index (χ4n) is 19.7. The van der Waals surface area contributed by atoms with E-state index in [-0.39, 0.29) is 91.2 Å². The summed E-state index contributed by atoms with van der Waals surface area (Å²) in [5.41, 5.74) is 13.1. The first kappa shape index (κ1) is 105. The van der Waals surface area contributed by atoms with E-state index in [0.717, 1.165) is 136 Å². The van der Waals surface area contributed by atoms with Crippen LogP contribution in [-0.4, -0.2) is 174 Å². The van der Waals surface area contributed by atoms with Crippen LogP contribution in [0.3, 0.4) is 0 Å². The highest BCUT2D eigenvalue weighted by Gasteiger charge is 2.46. The lowest BCUT2D eigenvalue weighted by Gasteiger charge is -2.36. The molecule has 7 unspecified atom stereocenters. The molecule has 3 fully saturated rings. The first-order valence-electron chi connectivity index (χ1n) is 50.5. The number of nitrogens with zero attached hydrogens (tertiary/aromatic N) is 5. The fraction of sp³-hybridized carbons (Fsp3) is 0.395. The van der Waals surface area contributed by atoms with Gasteiger partial charge >= 0.3 is 5.97 Å². The molecule has 11 amide bonds. The number of primary amides is 1. The molecule has 7 atom stereocenters. The number of carboxylic acid groups (broad SMARTS) is 1. The summed E-state index contributed by atoms with van der Waals surface area (Å²) in [5, 5.41) is 28.4. The summed E-state index contributed by atoms with van der Waals surface area (Å²) in [4.78, 5) is 173. The van der Waals surface area contributed by atoms with Crippen molar-refractivity contribution in [3.8, 4) is 17.2 Å². The predicted octanol–water partition coefficient (Wildman–Crippen LogP) is 18.0. The number of anilines is 3. The molecular weight excluding hydrogens is 1790 g/mol. The van der Waals surface area contributed by atoms with Crippen molar-refractivity contribution >= 4 is 88.0 Å². The Hall–Kier alpha value is -14.6. The Bertz CT molecular complexity index is 5800. The number of benzene rings is 9. The fourth-order valence-corrected chi connectivity index (χ4v) is 19.7. The van der Waals surface area contributed by atoms with Crippen LogP contribution in [0.5, 0.6) is 17.2 Å². The number of amides is 11. The number of carbonyl (C=O) groups is 12. The number of aryl methyl sites for hydroxylation is 2. The summed E-state index contributed by atoms with van der Waals surface area (Å²) in [6, 6.07) is 68.0. The van der Waals surface area contributed by atoms with Crippen LogP contribution in [-0.2, 0) is 75.3 Å². The number of rotatable bonds is 38. The monoisotopic (exact) mass is 1930 g/mol. The van der Waals surface area contributed by atoms with Crippen LogP contribution in [0.4, 0.5) is 17.1 Å². The molecule has 10 N–H and O–H groups in total. The number of carboxylic acids is 1. The summed E-state index contributed by atoms with van der Waals surface area (Å²) in [6.45, 7) is 4.13. The number of unbranched alkanes of at least 4 members (excludes halogenated alkanes) is 5. The number of methoxy groups -OCH3 is 1. The average molecular weight is 1930 g/mol. The number of aromatic amines is 1. The van der Waals surface area contributed by atoms with Crippen LogP contribution in [0.15, 0.2) is 255 Å². The second kappa shape index (κ2) is 53.7. The molecule has 28 nitrogen and oxygen atoms in total. The second-order valence-electron chi connectivity index (χ2n) is 37.5. The van der Waals surface area contributed by atoms with Gasteiger partial charge in [-0.1, -0.05) is 273 Å². The topological polar surface area (TPSA) is 383 Å². The molecule has 3 saturated carbocycles. The summed E-state index contributed by atoms with van der Waals surface area (Å²) < 4.78 is 11.0. The third-order valence-electron chi connectivity index (χ3n) is 27.4. The molecule has 16 rings (SSSR count). The van der Waals surface area contributed by atoms with E-state index in [2.05, 4.69) is 48.8 Å². The number of carbonyl (C=O) groups excluding carboxylic acids is 11. The highest BCUT2D eigenvalue weighted by molar-refractivity contribution is 6.13. The molecule has 9 aromatic carbocycles. The van der Waals surface area contributed by atoms with E-state index in [1.54, 1.807) is 141 Å². The number of aliphatic carboxylic acids is 1. The number of hydrogen-bond acceptors (Lipinski definition) is 15. The predicted molar refractivity (Wildman–Crippen MR) is 547 cm³/mol. The molecule has 10 aromatic rings. The average Bonchev–Trinajstić information content (AvgIpc) is 1.62. The van der Waals surface area contributed by atoms with Gasteiger partial charge in [-0.15, -0.1) is 0 Å². The second-order valence-corrected chi connectivity index (χ2v) is 37.5. The van der Waals surface area contributed by atoms with Crippen molar-refractivity contribution in [2.24, 2.45) is 5.73 Å². The number of imidazole rings is 1. The summed E-state index contributed by atoms with van der Waals surface area (Å²) in [5.74, 6) is -2.45. The molecule has 28 heteroatoms. The zero-order valence-corrected chi connectivity index (χ0v) is 81.6. The van der Waals surface area contributed by atoms with Gasteiger partial charge in [-0.25, -0.2) is 9.78 Å². The summed E-state index contributed by atoms with van der Waals surface area (Å²) in [6.07, 6.45) is 29.0. The van der Waals surface area contributed by atoms with Gasteiger partial charge in [0, 0.05) is 55.8 Å². The SMILES string of the molecule is CCCCCCCCC(C(=O)NC1CCCCC1)N1C(=O)c2ccccc2NC(=O)C1C.COc1ccc(C(C(=O)O)N(CCc2cnc[nH]2)C(=O)Cc2ccc(Oc3ccccc3)cc2)cc1.NC(=O)CCC1C(=O)Nc2ccccc2C(=O)N1C(CCc1ccccc1)C(=O)NC1CCCCC1.O=C1Nc2ccccc2C(=O)N(C(CCc2ccccc2)C(=O)NC2CCCCC2)C1Cc1ccccc1. The van der Waals surface area contributed by atoms with Crippen molar-refractivity contribution in [2.75, 3.05) is 29.6 Å². The van der Waals surface area contributed by atoms with Crippen molar-refractivity contribution in [3.63, 3.8) is 0 Å². The molecular formula is C114H135N13O15. The van der Waals surface area contributed by atoms with Crippen molar-refractivity contribution in [3.05, 3.63) is 305 Å². The number of H-pyrrole nitrogens is 1. The van der Waals surface area contributed by atoms with Crippen LogP contribution in [0.1, 0.15) is 251 Å². The Morgan fingerprint density at radius 2 is 0.859 bits per heavy atom. The van der Waals surface area contributed by atoms with Crippen LogP contribution >= 0.6 is 0 Å². The van der Waals surface area contributed by atoms with Gasteiger partial charge in [-0.3, -0.25) is 52.7 Å². The van der Waals surface area contributed by atoms with Gasteiger partial charge in [-0.05, 0) is 185 Å². The van der Waals surface area contributed by atoms with Gasteiger partial charge in [0.1, 0.15) is 53.5 Å². The molecule has 0 radical (unpaired) electrons. The largest absolute Gasteiger partial charge is 0.497 e. The summed E-state index contributed by atoms with van der Waals surface area (Å²) in [7, 11) is 1.54. The lowest BCUT2D eigenvalue weighted by molar-refractivity contribution is -0.150. The van der Waals surface area contributed by atoms with E-state index in [9.17, 15) is 62.6 Å². The quantitative estimate of drug-likeness (QED) is 0.0162. The maximum Gasteiger partial charge on any atom is 0.331 e. The molecule has 746 valence electrons. The third kappa shape index (κ3) is 29.8. The standard InChI is InChI=1S/C32H35N3O3.C28H34N4O4.C28H27N3O5.C26H39N3O3/c36-30(33-25-16-8-3-9-17-25)28(21-20-23-12-4-1-5-13-23)35-29(22-24-14-6-2-7-15-24)31(37)34-27-19-11-10-18-26(27)32(35)38;29-25(33)18-17-24-27(35)31-22-14-8-7-13-21(22)28(36)32(24)23(16-15-19-9-3-1-4-10-19)26(34)30-20-11-5-2-6-12-20;1-35-23-13-9-21(10-14-23)27(28(33)34)31(16-15-22-18-29-19-30-22)26(32)17-20-7-11-25(12-8-20)36-24-5-3-2-4-6-24;1-3-4-5-6-7-11-18-23(25(31)27-20-14-9-8-10-15-20)29-19(2)24(30)28-22-17-13-12-16-21(22)26(29)32/h1-2,4-7,10-15,18-19,25,28-29H,3,8-9,16-17,20-22H2,(H,33,36)(H,34,37);1,3-4,7-10,13-14,20,23-24H,2,5-6,11-12,15-18H2,(H2,29,33)(H,30,34)(H,31,35);2-14,18-19,27H,15-17H2,1H3,(H,29,30)(H,33,34);12-13,16-17,19-20,23H,3-11,14-15,18H2,1-2H3,(H,27,31)(H,28,30). The maximum absolute atomic E-state index is 14.2. The molecule has 0 saturated heterocycles. The summed E-state index contributed by atoms with van der Waals surface area (Å²) >= 11 is 0. The molecule has 1 aromatic heterocycles. The van der Waals surface area contributed by atoms with Crippen molar-refractivity contribution in [1.82, 2.24) is 45.5 Å². The van der Waals surface area contributed by atoms with E-state index in [1.165, 1.54) is 46.8 Å². The Balaban J connectivity index is 0.000000159. The molecule has 0 bridgehead atoms. The van der Waals surface area contributed by atoms with Gasteiger partial charge in [0.2, 0.25) is 47.3 Å². The van der Waals surface area contributed by atoms with Crippen molar-refractivity contribution in [1.29, 1.82) is 0 Å². The highest BCUT2D eigenvalue weighted by atomic mass is 16.5. The number of fused-ring (bicyclic) bond motifs is 3. The van der Waals surface area contributed by atoms with Gasteiger partial charge < -0.3 is 76.8 Å². The first-order chi connectivity index (χ1) is 69.1. The molecule has 142 heavy (non-hydrogen) atoms. The lowest BCUT2D eigenvalue weighted by Crippen LogP contribution is -2.58. The van der Waals surface area contributed by atoms with Gasteiger partial charge in [-0.2, -0.15) is 0 Å². The Kier molecular flexibility index (Phi) is 39.6. The minimum absolute atomic E-state index is 0.0411. The van der Waals surface area contributed by atoms with Crippen LogP contribution in [0.25, 0.3) is 0 Å². The zero-order valence-electron chi connectivity index (χ0n) is 81.6. The molecule has 3 aliphatic heterocycles. The van der Waals surface area contributed by atoms with E-state index >= 15 is 0 Å². The highest BCUT2D eigenvalue weighted by Crippen LogP contribution is 2.36. The zero-order chi connectivity index (χ0) is 100. The van der Waals surface area contributed by atoms with E-state index in [4.69, 9.17) is 15.2 Å². The molecule has 3 aliphatic carbocycles. The minimum atomic E-state index is -1.15. The normalized spacial score (nSPS) is 17.3. The van der Waals surface area contributed by atoms with Crippen LogP contribution in [0, 0.1) is 0 Å². The van der Waals surface area contributed by atoms with E-state index < -0.39 is 66.0 Å². The van der Waals surface area contributed by atoms with Crippen molar-refractivity contribution < 1.29 is 72.1 Å². The molecule has 6 aliphatic rings. The third-order valence-corrected chi connectivity index (χ3v) is 27.4. The molecule has 4 heterocycles. The number of nitrogens with two attached hydrogens (primary N) is 1. The smallest absolute Gasteiger partial charge is 0.331 e. The number of nitrogens with one attached hydrogen (secondary N) is 7. The van der Waals surface area contributed by atoms with Crippen LogP contribution < -0.4 is 47.1 Å². The maximum atomic E-state index is 14.2. The van der Waals surface area contributed by atoms with Gasteiger partial charge in [0.25, 0.3) is 17.7 Å². The number of hydrogen-bond donors (Lipinski definition) is 9. The Morgan fingerprint density at radius 1 is 0.451 bits per heavy atom. The number of aromatic nitrogens is 2. The first-order valence-corrected chi connectivity index (χ1v) is 50.5. The number of ether oxygens (including phenoxy) is 2. The van der Waals surface area contributed by atoms with Crippen LogP contribution in [0.2, 0.25) is 0 Å². The Morgan fingerprint density at radius 3 is 1.32 bits per heavy atom. The van der Waals surface area contributed by atoms with Crippen molar-refractivity contribution in [2.45, 2.75) is 273 Å². The van der Waals surface area contributed by atoms with E-state index in [0.29, 0.717) is 95.8 Å². The van der Waals surface area contributed by atoms with E-state index in [1.807, 2.05) is 133 Å². The number of para-hydroxylation sites is 4. The minimum Gasteiger partial charge on any atom is -0.497 e.